The molecule has 0 rings (SSSR count). The van der Waals surface area contributed by atoms with Gasteiger partial charge < -0.3 is 14.2 Å². The average Bonchev–Trinajstić information content (AvgIpc) is 3.24. The molecule has 0 aromatic carbocycles. The highest BCUT2D eigenvalue weighted by molar-refractivity contribution is 5.71. The summed E-state index contributed by atoms with van der Waals surface area (Å²) >= 11 is 0. The number of ether oxygens (including phenoxy) is 3. The Bertz CT molecular complexity index is 1060. The maximum Gasteiger partial charge on any atom is 0.306 e. The minimum absolute atomic E-state index is 0.0786. The lowest BCUT2D eigenvalue weighted by atomic mass is 10.0. The standard InChI is InChI=1S/C54H96O6/c1-4-7-10-13-16-19-22-24-26-27-28-30-32-35-38-41-44-47-53(56)59-50-51(49-58-52(55)46-43-40-37-34-31-21-18-15-12-9-6-3)60-54(57)48-45-42-39-36-33-29-25-23-20-17-14-11-8-5-2/h7,10,15-16,18-19,24,26,51H,4-6,8-9,11-14,17,20-23,25,27-50H2,1-3H3/b10-7-,18-15-,19-16-,26-24-. The normalized spacial score (nSPS) is 12.4. The van der Waals surface area contributed by atoms with E-state index < -0.39 is 6.10 Å². The quantitative estimate of drug-likeness (QED) is 0.0263. The highest BCUT2D eigenvalue weighted by atomic mass is 16.6. The van der Waals surface area contributed by atoms with Gasteiger partial charge in [-0.05, 0) is 70.6 Å². The molecule has 1 atom stereocenters. The Morgan fingerprint density at radius 1 is 0.350 bits per heavy atom. The van der Waals surface area contributed by atoms with E-state index in [2.05, 4.69) is 69.4 Å². The van der Waals surface area contributed by atoms with Gasteiger partial charge in [0.1, 0.15) is 13.2 Å². The molecule has 0 heterocycles. The Morgan fingerprint density at radius 2 is 0.667 bits per heavy atom. The summed E-state index contributed by atoms with van der Waals surface area (Å²) in [7, 11) is 0. The lowest BCUT2D eigenvalue weighted by molar-refractivity contribution is -0.167. The first kappa shape index (κ1) is 57.4. The molecule has 0 fully saturated rings. The van der Waals surface area contributed by atoms with Crippen molar-refractivity contribution < 1.29 is 28.6 Å². The largest absolute Gasteiger partial charge is 0.462 e. The van der Waals surface area contributed by atoms with Crippen LogP contribution < -0.4 is 0 Å². The van der Waals surface area contributed by atoms with Crippen LogP contribution in [0.15, 0.2) is 48.6 Å². The third kappa shape index (κ3) is 46.4. The molecule has 6 heteroatoms. The zero-order valence-corrected chi connectivity index (χ0v) is 39.7. The van der Waals surface area contributed by atoms with E-state index in [1.807, 2.05) is 0 Å². The minimum atomic E-state index is -0.776. The van der Waals surface area contributed by atoms with Crippen molar-refractivity contribution in [2.75, 3.05) is 13.2 Å². The zero-order chi connectivity index (χ0) is 43.7. The highest BCUT2D eigenvalue weighted by Crippen LogP contribution is 2.15. The fraction of sp³-hybridized carbons (Fsp3) is 0.796. The van der Waals surface area contributed by atoms with Crippen molar-refractivity contribution in [1.29, 1.82) is 0 Å². The van der Waals surface area contributed by atoms with Gasteiger partial charge in [-0.2, -0.15) is 0 Å². The van der Waals surface area contributed by atoms with Gasteiger partial charge >= 0.3 is 17.9 Å². The van der Waals surface area contributed by atoms with E-state index in [-0.39, 0.29) is 31.1 Å². The second kappa shape index (κ2) is 49.0. The molecule has 348 valence electrons. The molecule has 0 aliphatic carbocycles. The van der Waals surface area contributed by atoms with Crippen molar-refractivity contribution in [2.24, 2.45) is 0 Å². The first-order valence-electron chi connectivity index (χ1n) is 25.6. The van der Waals surface area contributed by atoms with Crippen molar-refractivity contribution in [3.63, 3.8) is 0 Å². The van der Waals surface area contributed by atoms with Crippen molar-refractivity contribution in [2.45, 2.75) is 264 Å². The lowest BCUT2D eigenvalue weighted by Gasteiger charge is -2.18. The monoisotopic (exact) mass is 841 g/mol. The van der Waals surface area contributed by atoms with E-state index in [0.29, 0.717) is 19.3 Å². The van der Waals surface area contributed by atoms with Crippen LogP contribution in [0.1, 0.15) is 258 Å². The van der Waals surface area contributed by atoms with Gasteiger partial charge in [0.2, 0.25) is 0 Å². The summed E-state index contributed by atoms with van der Waals surface area (Å²) in [5.74, 6) is -0.890. The second-order valence-electron chi connectivity index (χ2n) is 17.1. The number of esters is 3. The Labute approximate surface area is 371 Å². The predicted octanol–water partition coefficient (Wildman–Crippen LogP) is 16.7. The number of hydrogen-bond donors (Lipinski definition) is 0. The maximum absolute atomic E-state index is 12.8. The first-order valence-corrected chi connectivity index (χ1v) is 25.6. The lowest BCUT2D eigenvalue weighted by Crippen LogP contribution is -2.30. The van der Waals surface area contributed by atoms with Crippen LogP contribution in [0.5, 0.6) is 0 Å². The van der Waals surface area contributed by atoms with Crippen molar-refractivity contribution in [3.05, 3.63) is 48.6 Å². The summed E-state index contributed by atoms with van der Waals surface area (Å²) in [5.41, 5.74) is 0. The number of allylic oxidation sites excluding steroid dienone is 8. The summed E-state index contributed by atoms with van der Waals surface area (Å²) in [6.45, 7) is 6.49. The molecule has 0 aliphatic heterocycles. The molecule has 0 aliphatic rings. The summed E-state index contributed by atoms with van der Waals surface area (Å²) in [4.78, 5) is 37.9. The topological polar surface area (TPSA) is 78.9 Å². The zero-order valence-electron chi connectivity index (χ0n) is 39.7. The number of hydrogen-bond acceptors (Lipinski definition) is 6. The molecule has 6 nitrogen and oxygen atoms in total. The van der Waals surface area contributed by atoms with Gasteiger partial charge in [0.15, 0.2) is 6.10 Å². The highest BCUT2D eigenvalue weighted by Gasteiger charge is 2.19. The molecule has 1 unspecified atom stereocenters. The van der Waals surface area contributed by atoms with Gasteiger partial charge in [-0.3, -0.25) is 14.4 Å². The molecule has 0 N–H and O–H groups in total. The summed E-state index contributed by atoms with van der Waals surface area (Å²) in [6.07, 6.45) is 58.0. The van der Waals surface area contributed by atoms with Gasteiger partial charge in [-0.25, -0.2) is 0 Å². The average molecular weight is 841 g/mol. The first-order chi connectivity index (χ1) is 29.5. The van der Waals surface area contributed by atoms with E-state index in [4.69, 9.17) is 14.2 Å². The molecule has 60 heavy (non-hydrogen) atoms. The number of carbonyl (C=O) groups excluding carboxylic acids is 3. The molecule has 0 aromatic rings. The van der Waals surface area contributed by atoms with Crippen molar-refractivity contribution >= 4 is 17.9 Å². The van der Waals surface area contributed by atoms with Crippen LogP contribution in [0, 0.1) is 0 Å². The second-order valence-corrected chi connectivity index (χ2v) is 17.1. The van der Waals surface area contributed by atoms with E-state index in [0.717, 1.165) is 89.9 Å². The smallest absolute Gasteiger partial charge is 0.306 e. The molecule has 0 radical (unpaired) electrons. The molecule has 0 saturated carbocycles. The van der Waals surface area contributed by atoms with Gasteiger partial charge in [0.05, 0.1) is 0 Å². The summed E-state index contributed by atoms with van der Waals surface area (Å²) in [6, 6.07) is 0. The number of rotatable bonds is 46. The Kier molecular flexibility index (Phi) is 46.9. The molecule has 0 bridgehead atoms. The van der Waals surface area contributed by atoms with Crippen LogP contribution in [0.25, 0.3) is 0 Å². The molecular formula is C54H96O6. The Morgan fingerprint density at radius 3 is 1.08 bits per heavy atom. The van der Waals surface area contributed by atoms with Gasteiger partial charge in [0.25, 0.3) is 0 Å². The third-order valence-electron chi connectivity index (χ3n) is 11.1. The summed E-state index contributed by atoms with van der Waals surface area (Å²) in [5, 5.41) is 0. The van der Waals surface area contributed by atoms with Crippen LogP contribution in [0.2, 0.25) is 0 Å². The third-order valence-corrected chi connectivity index (χ3v) is 11.1. The molecular weight excluding hydrogens is 745 g/mol. The Hall–Kier alpha value is -2.63. The molecule has 0 saturated heterocycles. The van der Waals surface area contributed by atoms with Crippen LogP contribution in [0.3, 0.4) is 0 Å². The van der Waals surface area contributed by atoms with Crippen LogP contribution >= 0.6 is 0 Å². The van der Waals surface area contributed by atoms with Crippen molar-refractivity contribution in [1.82, 2.24) is 0 Å². The van der Waals surface area contributed by atoms with E-state index in [1.165, 1.54) is 128 Å². The van der Waals surface area contributed by atoms with E-state index in [1.54, 1.807) is 0 Å². The molecule has 0 spiro atoms. The van der Waals surface area contributed by atoms with Crippen LogP contribution in [0.4, 0.5) is 0 Å². The van der Waals surface area contributed by atoms with E-state index >= 15 is 0 Å². The van der Waals surface area contributed by atoms with E-state index in [9.17, 15) is 14.4 Å². The number of unbranched alkanes of at least 4 members (excludes halogenated alkanes) is 27. The van der Waals surface area contributed by atoms with Crippen molar-refractivity contribution in [3.8, 4) is 0 Å². The predicted molar refractivity (Wildman–Crippen MR) is 256 cm³/mol. The summed E-state index contributed by atoms with van der Waals surface area (Å²) < 4.78 is 16.8. The maximum atomic E-state index is 12.8. The van der Waals surface area contributed by atoms with Gasteiger partial charge in [-0.15, -0.1) is 0 Å². The van der Waals surface area contributed by atoms with Crippen LogP contribution in [-0.2, 0) is 28.6 Å². The minimum Gasteiger partial charge on any atom is -0.462 e. The fourth-order valence-electron chi connectivity index (χ4n) is 7.20. The van der Waals surface area contributed by atoms with Gasteiger partial charge in [-0.1, -0.05) is 217 Å². The van der Waals surface area contributed by atoms with Gasteiger partial charge in [0, 0.05) is 19.3 Å². The molecule has 0 aromatic heterocycles. The SMILES string of the molecule is CC/C=C\C/C=C\C/C=C\CCCCCCCCCC(=O)OCC(COC(=O)CCCCCCC/C=C\CCCC)OC(=O)CCCCCCCCCCCCCCCC. The van der Waals surface area contributed by atoms with Crippen LogP contribution in [-0.4, -0.2) is 37.2 Å². The number of carbonyl (C=O) groups is 3. The Balaban J connectivity index is 4.35. The molecule has 0 amide bonds. The fourth-order valence-corrected chi connectivity index (χ4v) is 7.20.